The predicted octanol–water partition coefficient (Wildman–Crippen LogP) is 5.15. The van der Waals surface area contributed by atoms with E-state index in [4.69, 9.17) is 0 Å². The molecule has 7 unspecified atom stereocenters. The quantitative estimate of drug-likeness (QED) is 0.565. The predicted molar refractivity (Wildman–Crippen MR) is 88.3 cm³/mol. The summed E-state index contributed by atoms with van der Waals surface area (Å²) in [6.45, 7) is 5.06. The Morgan fingerprint density at radius 3 is 2.64 bits per heavy atom. The van der Waals surface area contributed by atoms with Gasteiger partial charge in [-0.2, -0.15) is 0 Å². The molecule has 0 radical (unpaired) electrons. The number of Topliss-reactive ketones (excluding diaryl/α,β-unsaturated/α-hetero) is 1. The third-order valence-corrected chi connectivity index (χ3v) is 9.22. The van der Waals surface area contributed by atoms with Gasteiger partial charge in [0.1, 0.15) is 5.78 Å². The molecule has 0 amide bonds. The number of hydrogen-bond acceptors (Lipinski definition) is 1. The molecule has 5 aliphatic carbocycles. The molecule has 7 atom stereocenters. The van der Waals surface area contributed by atoms with Gasteiger partial charge in [0.05, 0.1) is 0 Å². The summed E-state index contributed by atoms with van der Waals surface area (Å²) in [4.78, 5) is 12.0. The molecular weight excluding hydrogens is 268 g/mol. The zero-order chi connectivity index (χ0) is 15.1. The van der Waals surface area contributed by atoms with Crippen LogP contribution < -0.4 is 0 Å². The fourth-order valence-corrected chi connectivity index (χ4v) is 8.03. The number of hydrogen-bond donors (Lipinski definition) is 0. The van der Waals surface area contributed by atoms with Crippen LogP contribution in [0.25, 0.3) is 0 Å². The minimum absolute atomic E-state index is 0.354. The van der Waals surface area contributed by atoms with Gasteiger partial charge >= 0.3 is 0 Å². The fourth-order valence-electron chi connectivity index (χ4n) is 8.03. The van der Waals surface area contributed by atoms with Crippen LogP contribution in [0.3, 0.4) is 0 Å². The normalized spacial score (nSPS) is 56.2. The molecule has 0 bridgehead atoms. The van der Waals surface area contributed by atoms with E-state index >= 15 is 0 Å². The molecule has 0 N–H and O–H groups in total. The molecule has 5 aliphatic rings. The van der Waals surface area contributed by atoms with Crippen molar-refractivity contribution in [1.29, 1.82) is 0 Å². The maximum absolute atomic E-state index is 12.0. The van der Waals surface area contributed by atoms with Crippen molar-refractivity contribution in [1.82, 2.24) is 0 Å². The lowest BCUT2D eigenvalue weighted by atomic mass is 9.51. The van der Waals surface area contributed by atoms with E-state index in [0.717, 1.165) is 60.7 Å². The van der Waals surface area contributed by atoms with Gasteiger partial charge in [-0.15, -0.1) is 0 Å². The van der Waals surface area contributed by atoms with Gasteiger partial charge in [-0.05, 0) is 85.4 Å². The van der Waals surface area contributed by atoms with E-state index in [1.165, 1.54) is 32.1 Å². The van der Waals surface area contributed by atoms with Crippen molar-refractivity contribution in [2.24, 2.45) is 40.4 Å². The van der Waals surface area contributed by atoms with Crippen molar-refractivity contribution in [2.75, 3.05) is 0 Å². The zero-order valence-electron chi connectivity index (χ0n) is 14.2. The molecule has 0 aromatic rings. The monoisotopic (exact) mass is 298 g/mol. The van der Waals surface area contributed by atoms with E-state index in [1.807, 2.05) is 0 Å². The third kappa shape index (κ3) is 1.49. The Morgan fingerprint density at radius 1 is 1.00 bits per heavy atom. The van der Waals surface area contributed by atoms with Gasteiger partial charge in [-0.1, -0.05) is 25.5 Å². The summed E-state index contributed by atoms with van der Waals surface area (Å²) in [6.07, 6.45) is 13.7. The Labute approximate surface area is 134 Å². The SMILES string of the molecule is CC1C2CCC3C4CC=C5CCC(=O)CCC5(C)C4CCC132. The van der Waals surface area contributed by atoms with E-state index in [2.05, 4.69) is 19.9 Å². The summed E-state index contributed by atoms with van der Waals surface area (Å²) < 4.78 is 0. The van der Waals surface area contributed by atoms with E-state index in [1.54, 1.807) is 5.57 Å². The Balaban J connectivity index is 1.51. The lowest BCUT2D eigenvalue weighted by Crippen LogP contribution is -2.46. The first kappa shape index (κ1) is 13.8. The molecule has 0 aromatic heterocycles. The molecule has 5 rings (SSSR count). The molecule has 4 fully saturated rings. The van der Waals surface area contributed by atoms with Crippen LogP contribution in [0.2, 0.25) is 0 Å². The number of fused-ring (bicyclic) bond motifs is 4. The minimum atomic E-state index is 0.354. The highest BCUT2D eigenvalue weighted by Gasteiger charge is 2.72. The summed E-state index contributed by atoms with van der Waals surface area (Å²) in [5, 5.41) is 0. The van der Waals surface area contributed by atoms with Gasteiger partial charge < -0.3 is 0 Å². The molecule has 1 heteroatoms. The molecule has 0 heterocycles. The highest BCUT2D eigenvalue weighted by molar-refractivity contribution is 5.79. The lowest BCUT2D eigenvalue weighted by Gasteiger charge is -2.54. The fraction of sp³-hybridized carbons (Fsp3) is 0.857. The highest BCUT2D eigenvalue weighted by atomic mass is 16.1. The Bertz CT molecular complexity index is 560. The van der Waals surface area contributed by atoms with Gasteiger partial charge in [0.25, 0.3) is 0 Å². The molecular formula is C21H30O. The summed E-state index contributed by atoms with van der Waals surface area (Å²) in [7, 11) is 0. The smallest absolute Gasteiger partial charge is 0.133 e. The highest BCUT2D eigenvalue weighted by Crippen LogP contribution is 2.78. The number of carbonyl (C=O) groups is 1. The van der Waals surface area contributed by atoms with Crippen LogP contribution in [0, 0.1) is 40.4 Å². The topological polar surface area (TPSA) is 17.1 Å². The second kappa shape index (κ2) is 4.28. The summed E-state index contributed by atoms with van der Waals surface area (Å²) in [5.74, 6) is 5.43. The first-order valence-corrected chi connectivity index (χ1v) is 9.78. The molecule has 0 aromatic carbocycles. The number of carbonyl (C=O) groups excluding carboxylic acids is 1. The van der Waals surface area contributed by atoms with Gasteiger partial charge in [0, 0.05) is 12.8 Å². The summed E-state index contributed by atoms with van der Waals surface area (Å²) in [6, 6.07) is 0. The van der Waals surface area contributed by atoms with Crippen molar-refractivity contribution in [2.45, 2.75) is 71.6 Å². The van der Waals surface area contributed by atoms with Crippen molar-refractivity contribution in [3.05, 3.63) is 11.6 Å². The van der Waals surface area contributed by atoms with Crippen LogP contribution in [-0.2, 0) is 4.79 Å². The van der Waals surface area contributed by atoms with Crippen LogP contribution >= 0.6 is 0 Å². The van der Waals surface area contributed by atoms with E-state index in [0.29, 0.717) is 11.2 Å². The number of allylic oxidation sites excluding steroid dienone is 2. The second-order valence-electron chi connectivity index (χ2n) is 9.42. The molecule has 0 saturated heterocycles. The lowest BCUT2D eigenvalue weighted by molar-refractivity contribution is -0.119. The Hall–Kier alpha value is -0.590. The van der Waals surface area contributed by atoms with Crippen molar-refractivity contribution < 1.29 is 4.79 Å². The second-order valence-corrected chi connectivity index (χ2v) is 9.42. The molecule has 22 heavy (non-hydrogen) atoms. The average Bonchev–Trinajstić information content (AvgIpc) is 2.92. The van der Waals surface area contributed by atoms with Crippen LogP contribution in [0.1, 0.15) is 71.6 Å². The molecule has 0 aliphatic heterocycles. The summed E-state index contributed by atoms with van der Waals surface area (Å²) >= 11 is 0. The van der Waals surface area contributed by atoms with Crippen molar-refractivity contribution in [3.63, 3.8) is 0 Å². The maximum atomic E-state index is 12.0. The van der Waals surface area contributed by atoms with Gasteiger partial charge in [-0.3, -0.25) is 4.79 Å². The van der Waals surface area contributed by atoms with E-state index < -0.39 is 0 Å². The molecule has 120 valence electrons. The number of rotatable bonds is 0. The van der Waals surface area contributed by atoms with Gasteiger partial charge in [0.2, 0.25) is 0 Å². The van der Waals surface area contributed by atoms with Crippen LogP contribution in [0.4, 0.5) is 0 Å². The van der Waals surface area contributed by atoms with Gasteiger partial charge in [-0.25, -0.2) is 0 Å². The van der Waals surface area contributed by atoms with Gasteiger partial charge in [0.15, 0.2) is 0 Å². The van der Waals surface area contributed by atoms with E-state index in [9.17, 15) is 4.79 Å². The molecule has 1 spiro atoms. The minimum Gasteiger partial charge on any atom is -0.300 e. The van der Waals surface area contributed by atoms with Crippen molar-refractivity contribution in [3.8, 4) is 0 Å². The first-order chi connectivity index (χ1) is 10.6. The zero-order valence-corrected chi connectivity index (χ0v) is 14.2. The maximum Gasteiger partial charge on any atom is 0.133 e. The summed E-state index contributed by atoms with van der Waals surface area (Å²) in [5.41, 5.74) is 2.78. The van der Waals surface area contributed by atoms with Crippen LogP contribution in [0.15, 0.2) is 11.6 Å². The first-order valence-electron chi connectivity index (χ1n) is 9.78. The van der Waals surface area contributed by atoms with Crippen molar-refractivity contribution >= 4 is 5.78 Å². The number of ketones is 1. The van der Waals surface area contributed by atoms with Crippen LogP contribution in [-0.4, -0.2) is 5.78 Å². The van der Waals surface area contributed by atoms with Crippen LogP contribution in [0.5, 0.6) is 0 Å². The average molecular weight is 298 g/mol. The Morgan fingerprint density at radius 2 is 1.82 bits per heavy atom. The Kier molecular flexibility index (Phi) is 2.68. The molecule has 1 nitrogen and oxygen atoms in total. The molecule has 4 saturated carbocycles. The largest absolute Gasteiger partial charge is 0.300 e. The standard InChI is InChI=1S/C21H30O/c1-13-17-7-8-19-16-6-4-14-3-5-15(22)9-11-20(14,2)18(16)10-12-21(13,17)19/h4,13,16-19H,3,5-12H2,1-2H3. The third-order valence-electron chi connectivity index (χ3n) is 9.22. The van der Waals surface area contributed by atoms with E-state index in [-0.39, 0.29) is 0 Å².